The fourth-order valence-electron chi connectivity index (χ4n) is 1.33. The Morgan fingerprint density at radius 3 is 2.76 bits per heavy atom. The van der Waals surface area contributed by atoms with Crippen molar-refractivity contribution in [1.29, 1.82) is 0 Å². The van der Waals surface area contributed by atoms with Gasteiger partial charge in [0.1, 0.15) is 11.6 Å². The molecule has 0 heterocycles. The van der Waals surface area contributed by atoms with E-state index >= 15 is 0 Å². The highest BCUT2D eigenvalue weighted by atomic mass is 19.1. The number of carboxylic acid groups (broad SMARTS) is 1. The van der Waals surface area contributed by atoms with Gasteiger partial charge in [-0.3, -0.25) is 0 Å². The Morgan fingerprint density at radius 2 is 2.18 bits per heavy atom. The number of methoxy groups -OCH3 is 1. The standard InChI is InChI=1S/C12H15FO4/c1-8(3-4-16-2)17-11-6-9(12(14)15)5-10(13)7-11/h5-8H,3-4H2,1-2H3,(H,14,15). The summed E-state index contributed by atoms with van der Waals surface area (Å²) in [5, 5.41) is 8.77. The van der Waals surface area contributed by atoms with Crippen LogP contribution < -0.4 is 4.74 Å². The molecule has 0 saturated heterocycles. The van der Waals surface area contributed by atoms with Gasteiger partial charge in [0.2, 0.25) is 0 Å². The summed E-state index contributed by atoms with van der Waals surface area (Å²) >= 11 is 0. The van der Waals surface area contributed by atoms with Gasteiger partial charge >= 0.3 is 5.97 Å². The SMILES string of the molecule is COCCC(C)Oc1cc(F)cc(C(=O)O)c1. The summed E-state index contributed by atoms with van der Waals surface area (Å²) < 4.78 is 23.4. The predicted molar refractivity (Wildman–Crippen MR) is 59.9 cm³/mol. The molecule has 17 heavy (non-hydrogen) atoms. The van der Waals surface area contributed by atoms with Gasteiger partial charge in [0.05, 0.1) is 11.7 Å². The van der Waals surface area contributed by atoms with Crippen LogP contribution >= 0.6 is 0 Å². The minimum absolute atomic E-state index is 0.126. The lowest BCUT2D eigenvalue weighted by Gasteiger charge is -2.14. The highest BCUT2D eigenvalue weighted by Gasteiger charge is 2.10. The zero-order valence-electron chi connectivity index (χ0n) is 9.77. The molecule has 0 bridgehead atoms. The van der Waals surface area contributed by atoms with E-state index in [1.54, 1.807) is 7.11 Å². The van der Waals surface area contributed by atoms with E-state index in [9.17, 15) is 9.18 Å². The number of benzene rings is 1. The average molecular weight is 242 g/mol. The number of ether oxygens (including phenoxy) is 2. The van der Waals surface area contributed by atoms with E-state index in [2.05, 4.69) is 0 Å². The van der Waals surface area contributed by atoms with E-state index in [0.717, 1.165) is 12.1 Å². The molecule has 0 aromatic heterocycles. The lowest BCUT2D eigenvalue weighted by atomic mass is 10.2. The molecule has 1 aromatic carbocycles. The molecule has 0 saturated carbocycles. The van der Waals surface area contributed by atoms with Crippen LogP contribution in [0.1, 0.15) is 23.7 Å². The molecule has 0 aliphatic heterocycles. The summed E-state index contributed by atoms with van der Waals surface area (Å²) in [6.07, 6.45) is 0.480. The number of carboxylic acids is 1. The molecule has 0 amide bonds. The van der Waals surface area contributed by atoms with E-state index in [-0.39, 0.29) is 17.4 Å². The highest BCUT2D eigenvalue weighted by Crippen LogP contribution is 2.18. The van der Waals surface area contributed by atoms with Crippen LogP contribution in [0, 0.1) is 5.82 Å². The maximum atomic E-state index is 13.1. The lowest BCUT2D eigenvalue weighted by Crippen LogP contribution is -2.14. The Bertz CT molecular complexity index is 392. The van der Waals surface area contributed by atoms with Crippen molar-refractivity contribution in [2.75, 3.05) is 13.7 Å². The van der Waals surface area contributed by atoms with Crippen molar-refractivity contribution >= 4 is 5.97 Å². The third-order valence-corrected chi connectivity index (χ3v) is 2.18. The maximum absolute atomic E-state index is 13.1. The zero-order chi connectivity index (χ0) is 12.8. The Labute approximate surface area is 99.0 Å². The normalized spacial score (nSPS) is 12.2. The second kappa shape index (κ2) is 6.20. The quantitative estimate of drug-likeness (QED) is 0.831. The smallest absolute Gasteiger partial charge is 0.335 e. The van der Waals surface area contributed by atoms with Gasteiger partial charge in [-0.1, -0.05) is 0 Å². The molecule has 0 aliphatic rings. The molecule has 94 valence electrons. The molecular weight excluding hydrogens is 227 g/mol. The number of carbonyl (C=O) groups is 1. The summed E-state index contributed by atoms with van der Waals surface area (Å²) in [7, 11) is 1.58. The van der Waals surface area contributed by atoms with E-state index < -0.39 is 11.8 Å². The Balaban J connectivity index is 2.73. The van der Waals surface area contributed by atoms with Crippen LogP contribution in [0.15, 0.2) is 18.2 Å². The molecule has 1 rings (SSSR count). The van der Waals surface area contributed by atoms with Gasteiger partial charge in [0.25, 0.3) is 0 Å². The van der Waals surface area contributed by atoms with Crippen LogP contribution in [0.5, 0.6) is 5.75 Å². The number of aromatic carboxylic acids is 1. The summed E-state index contributed by atoms with van der Waals surface area (Å²) in [4.78, 5) is 10.7. The van der Waals surface area contributed by atoms with Crippen molar-refractivity contribution in [1.82, 2.24) is 0 Å². The van der Waals surface area contributed by atoms with Gasteiger partial charge in [-0.15, -0.1) is 0 Å². The molecular formula is C12H15FO4. The van der Waals surface area contributed by atoms with Crippen LogP contribution in [0.25, 0.3) is 0 Å². The van der Waals surface area contributed by atoms with E-state index in [1.165, 1.54) is 6.07 Å². The van der Waals surface area contributed by atoms with Crippen LogP contribution in [-0.2, 0) is 4.74 Å². The third kappa shape index (κ3) is 4.40. The summed E-state index contributed by atoms with van der Waals surface area (Å²) in [6, 6.07) is 3.42. The monoisotopic (exact) mass is 242 g/mol. The van der Waals surface area contributed by atoms with Gasteiger partial charge in [0.15, 0.2) is 0 Å². The minimum Gasteiger partial charge on any atom is -0.491 e. The lowest BCUT2D eigenvalue weighted by molar-refractivity contribution is 0.0695. The molecule has 1 aromatic rings. The molecule has 0 spiro atoms. The Morgan fingerprint density at radius 1 is 1.47 bits per heavy atom. The van der Waals surface area contributed by atoms with Crippen LogP contribution in [-0.4, -0.2) is 30.9 Å². The van der Waals surface area contributed by atoms with Gasteiger partial charge in [0, 0.05) is 26.2 Å². The summed E-state index contributed by atoms with van der Waals surface area (Å²) in [5.41, 5.74) is -0.126. The molecule has 0 aliphatic carbocycles. The largest absolute Gasteiger partial charge is 0.491 e. The van der Waals surface area contributed by atoms with Crippen molar-refractivity contribution in [3.8, 4) is 5.75 Å². The summed E-state index contributed by atoms with van der Waals surface area (Å²) in [5.74, 6) is -1.59. The predicted octanol–water partition coefficient (Wildman–Crippen LogP) is 2.33. The van der Waals surface area contributed by atoms with Crippen molar-refractivity contribution in [2.45, 2.75) is 19.4 Å². The third-order valence-electron chi connectivity index (χ3n) is 2.18. The number of hydrogen-bond acceptors (Lipinski definition) is 3. The second-order valence-corrected chi connectivity index (χ2v) is 3.69. The fraction of sp³-hybridized carbons (Fsp3) is 0.417. The van der Waals surface area contributed by atoms with E-state index in [0.29, 0.717) is 13.0 Å². The molecule has 0 fully saturated rings. The number of rotatable bonds is 6. The van der Waals surface area contributed by atoms with E-state index in [1.807, 2.05) is 6.92 Å². The van der Waals surface area contributed by atoms with Crippen molar-refractivity contribution in [3.63, 3.8) is 0 Å². The second-order valence-electron chi connectivity index (χ2n) is 3.69. The molecule has 1 unspecified atom stereocenters. The zero-order valence-corrected chi connectivity index (χ0v) is 9.77. The fourth-order valence-corrected chi connectivity index (χ4v) is 1.33. The van der Waals surface area contributed by atoms with Gasteiger partial charge in [-0.2, -0.15) is 0 Å². The Kier molecular flexibility index (Phi) is 4.90. The van der Waals surface area contributed by atoms with Crippen LogP contribution in [0.4, 0.5) is 4.39 Å². The van der Waals surface area contributed by atoms with Gasteiger partial charge in [-0.25, -0.2) is 9.18 Å². The maximum Gasteiger partial charge on any atom is 0.335 e. The molecule has 1 N–H and O–H groups in total. The minimum atomic E-state index is -1.18. The van der Waals surface area contributed by atoms with Gasteiger partial charge < -0.3 is 14.6 Å². The number of hydrogen-bond donors (Lipinski definition) is 1. The average Bonchev–Trinajstić information content (AvgIpc) is 2.25. The molecule has 1 atom stereocenters. The van der Waals surface area contributed by atoms with Crippen molar-refractivity contribution < 1.29 is 23.8 Å². The van der Waals surface area contributed by atoms with E-state index in [4.69, 9.17) is 14.6 Å². The first kappa shape index (κ1) is 13.4. The molecule has 5 heteroatoms. The van der Waals surface area contributed by atoms with Crippen LogP contribution in [0.2, 0.25) is 0 Å². The van der Waals surface area contributed by atoms with Crippen molar-refractivity contribution in [3.05, 3.63) is 29.6 Å². The molecule has 0 radical (unpaired) electrons. The van der Waals surface area contributed by atoms with Crippen molar-refractivity contribution in [2.24, 2.45) is 0 Å². The van der Waals surface area contributed by atoms with Crippen LogP contribution in [0.3, 0.4) is 0 Å². The Hall–Kier alpha value is -1.62. The first-order valence-electron chi connectivity index (χ1n) is 5.22. The first-order valence-corrected chi connectivity index (χ1v) is 5.22. The summed E-state index contributed by atoms with van der Waals surface area (Å²) in [6.45, 7) is 2.34. The number of halogens is 1. The molecule has 4 nitrogen and oxygen atoms in total. The highest BCUT2D eigenvalue weighted by molar-refractivity contribution is 5.88. The first-order chi connectivity index (χ1) is 8.02. The van der Waals surface area contributed by atoms with Gasteiger partial charge in [-0.05, 0) is 19.1 Å². The topological polar surface area (TPSA) is 55.8 Å².